The first kappa shape index (κ1) is 9.64. The number of nitrogens with zero attached hydrogens (tertiary/aromatic N) is 1. The van der Waals surface area contributed by atoms with Gasteiger partial charge in [-0.25, -0.2) is 0 Å². The first-order valence-electron chi connectivity index (χ1n) is 6.22. The Hall–Kier alpha value is -0.570. The van der Waals surface area contributed by atoms with Crippen LogP contribution in [0.2, 0.25) is 0 Å². The average molecular weight is 209 g/mol. The van der Waals surface area contributed by atoms with Crippen LogP contribution in [-0.2, 0) is 4.79 Å². The van der Waals surface area contributed by atoms with Crippen molar-refractivity contribution in [3.05, 3.63) is 0 Å². The van der Waals surface area contributed by atoms with E-state index in [2.05, 4.69) is 4.90 Å². The van der Waals surface area contributed by atoms with E-state index >= 15 is 0 Å². The van der Waals surface area contributed by atoms with Gasteiger partial charge in [-0.1, -0.05) is 12.8 Å². The van der Waals surface area contributed by atoms with E-state index in [0.29, 0.717) is 18.2 Å². The van der Waals surface area contributed by atoms with Crippen LogP contribution < -0.4 is 0 Å². The molecule has 2 aliphatic heterocycles. The normalized spacial score (nSPS) is 45.1. The monoisotopic (exact) mass is 209 g/mol. The largest absolute Gasteiger partial charge is 0.393 e. The summed E-state index contributed by atoms with van der Waals surface area (Å²) in [5.74, 6) is 0.695. The van der Waals surface area contributed by atoms with Gasteiger partial charge in [0.2, 0.25) is 5.91 Å². The molecule has 0 bridgehead atoms. The van der Waals surface area contributed by atoms with E-state index in [4.69, 9.17) is 0 Å². The number of carbonyl (C=O) groups excluding carboxylic acids is 1. The van der Waals surface area contributed by atoms with Gasteiger partial charge in [0.15, 0.2) is 0 Å². The van der Waals surface area contributed by atoms with Gasteiger partial charge in [0.05, 0.1) is 6.10 Å². The molecule has 3 aliphatic rings. The van der Waals surface area contributed by atoms with Crippen molar-refractivity contribution in [2.45, 2.75) is 56.6 Å². The molecule has 1 spiro atoms. The van der Waals surface area contributed by atoms with E-state index in [0.717, 1.165) is 32.2 Å². The zero-order chi connectivity index (χ0) is 10.5. The van der Waals surface area contributed by atoms with E-state index in [1.54, 1.807) is 0 Å². The number of aliphatic hydroxyl groups is 1. The zero-order valence-corrected chi connectivity index (χ0v) is 9.11. The Balaban J connectivity index is 1.96. The molecule has 1 saturated carbocycles. The van der Waals surface area contributed by atoms with Crippen LogP contribution in [-0.4, -0.2) is 34.1 Å². The Labute approximate surface area is 90.5 Å². The molecule has 3 heteroatoms. The molecule has 0 aromatic carbocycles. The van der Waals surface area contributed by atoms with Gasteiger partial charge in [-0.3, -0.25) is 4.79 Å². The van der Waals surface area contributed by atoms with Gasteiger partial charge in [-0.2, -0.15) is 0 Å². The lowest BCUT2D eigenvalue weighted by Gasteiger charge is -2.53. The minimum atomic E-state index is -0.160. The third-order valence-electron chi connectivity index (χ3n) is 4.79. The molecular formula is C12H19NO2. The summed E-state index contributed by atoms with van der Waals surface area (Å²) < 4.78 is 0. The highest BCUT2D eigenvalue weighted by molar-refractivity contribution is 5.80. The van der Waals surface area contributed by atoms with Crippen molar-refractivity contribution in [2.75, 3.05) is 6.54 Å². The van der Waals surface area contributed by atoms with Crippen LogP contribution in [0.4, 0.5) is 0 Å². The van der Waals surface area contributed by atoms with E-state index in [1.807, 2.05) is 0 Å². The second-order valence-corrected chi connectivity index (χ2v) is 5.36. The lowest BCUT2D eigenvalue weighted by Crippen LogP contribution is -2.60. The Kier molecular flexibility index (Phi) is 2.06. The molecule has 3 atom stereocenters. The van der Waals surface area contributed by atoms with Gasteiger partial charge in [0.1, 0.15) is 0 Å². The Bertz CT molecular complexity index is 291. The summed E-state index contributed by atoms with van der Waals surface area (Å²) in [6, 6.07) is 0. The smallest absolute Gasteiger partial charge is 0.223 e. The van der Waals surface area contributed by atoms with Crippen molar-refractivity contribution >= 4 is 5.91 Å². The van der Waals surface area contributed by atoms with E-state index < -0.39 is 0 Å². The third kappa shape index (κ3) is 1.19. The number of carbonyl (C=O) groups is 1. The summed E-state index contributed by atoms with van der Waals surface area (Å²) in [5, 5.41) is 10.1. The zero-order valence-electron chi connectivity index (χ0n) is 9.11. The second-order valence-electron chi connectivity index (χ2n) is 5.36. The highest BCUT2D eigenvalue weighted by atomic mass is 16.3. The minimum Gasteiger partial charge on any atom is -0.393 e. The van der Waals surface area contributed by atoms with Crippen LogP contribution in [0.3, 0.4) is 0 Å². The van der Waals surface area contributed by atoms with Gasteiger partial charge in [-0.05, 0) is 25.7 Å². The molecule has 1 amide bonds. The first-order chi connectivity index (χ1) is 7.24. The lowest BCUT2D eigenvalue weighted by molar-refractivity contribution is -0.142. The van der Waals surface area contributed by atoms with Gasteiger partial charge in [0.25, 0.3) is 0 Å². The molecule has 0 radical (unpaired) electrons. The van der Waals surface area contributed by atoms with Crippen LogP contribution in [0.25, 0.3) is 0 Å². The van der Waals surface area contributed by atoms with Crippen molar-refractivity contribution in [2.24, 2.45) is 5.92 Å². The molecule has 0 aromatic rings. The van der Waals surface area contributed by atoms with Gasteiger partial charge in [-0.15, -0.1) is 0 Å². The number of hydrogen-bond donors (Lipinski definition) is 1. The van der Waals surface area contributed by atoms with Crippen LogP contribution in [0.5, 0.6) is 0 Å². The maximum atomic E-state index is 11.8. The summed E-state index contributed by atoms with van der Waals surface area (Å²) in [6.45, 7) is 0.788. The summed E-state index contributed by atoms with van der Waals surface area (Å²) >= 11 is 0. The molecule has 2 saturated heterocycles. The summed E-state index contributed by atoms with van der Waals surface area (Å²) in [6.07, 6.45) is 7.03. The van der Waals surface area contributed by atoms with Gasteiger partial charge < -0.3 is 10.0 Å². The first-order valence-corrected chi connectivity index (χ1v) is 6.22. The maximum absolute atomic E-state index is 11.8. The average Bonchev–Trinajstić information content (AvgIpc) is 2.56. The minimum absolute atomic E-state index is 0.0625. The fraction of sp³-hybridized carbons (Fsp3) is 0.917. The Morgan fingerprint density at radius 3 is 3.00 bits per heavy atom. The molecule has 84 valence electrons. The molecule has 1 N–H and O–H groups in total. The molecule has 15 heavy (non-hydrogen) atoms. The molecule has 3 fully saturated rings. The predicted octanol–water partition coefficient (Wildman–Crippen LogP) is 1.30. The van der Waals surface area contributed by atoms with Gasteiger partial charge in [0, 0.05) is 24.4 Å². The number of aliphatic hydroxyl groups excluding tert-OH is 1. The molecule has 0 unspecified atom stereocenters. The summed E-state index contributed by atoms with van der Waals surface area (Å²) in [7, 11) is 0. The molecule has 1 aliphatic carbocycles. The second kappa shape index (κ2) is 3.21. The Morgan fingerprint density at radius 2 is 2.13 bits per heavy atom. The number of hydrogen-bond acceptors (Lipinski definition) is 2. The van der Waals surface area contributed by atoms with Crippen LogP contribution in [0, 0.1) is 5.92 Å². The molecule has 0 aromatic heterocycles. The Morgan fingerprint density at radius 1 is 1.27 bits per heavy atom. The highest BCUT2D eigenvalue weighted by Gasteiger charge is 2.55. The SMILES string of the molecule is O=C1CC[C@]23CCCC[C@H]2[C@H](O)CCN13. The summed E-state index contributed by atoms with van der Waals surface area (Å²) in [5.41, 5.74) is 0.0625. The molecule has 3 rings (SSSR count). The molecular weight excluding hydrogens is 190 g/mol. The predicted molar refractivity (Wildman–Crippen MR) is 56.3 cm³/mol. The van der Waals surface area contributed by atoms with Crippen LogP contribution >= 0.6 is 0 Å². The van der Waals surface area contributed by atoms with Crippen molar-refractivity contribution in [3.63, 3.8) is 0 Å². The number of piperidine rings is 1. The topological polar surface area (TPSA) is 40.5 Å². The fourth-order valence-corrected chi connectivity index (χ4v) is 4.10. The number of rotatable bonds is 0. The summed E-state index contributed by atoms with van der Waals surface area (Å²) in [4.78, 5) is 13.9. The van der Waals surface area contributed by atoms with Crippen LogP contribution in [0.1, 0.15) is 44.9 Å². The van der Waals surface area contributed by atoms with Crippen molar-refractivity contribution < 1.29 is 9.90 Å². The van der Waals surface area contributed by atoms with Crippen molar-refractivity contribution in [3.8, 4) is 0 Å². The van der Waals surface area contributed by atoms with Crippen LogP contribution in [0.15, 0.2) is 0 Å². The number of amides is 1. The van der Waals surface area contributed by atoms with Gasteiger partial charge >= 0.3 is 0 Å². The van der Waals surface area contributed by atoms with E-state index in [9.17, 15) is 9.90 Å². The quantitative estimate of drug-likeness (QED) is 0.653. The van der Waals surface area contributed by atoms with E-state index in [1.165, 1.54) is 12.8 Å². The highest BCUT2D eigenvalue weighted by Crippen LogP contribution is 2.50. The fourth-order valence-electron chi connectivity index (χ4n) is 4.10. The van der Waals surface area contributed by atoms with Crippen molar-refractivity contribution in [1.29, 1.82) is 0 Å². The molecule has 2 heterocycles. The maximum Gasteiger partial charge on any atom is 0.223 e. The molecule has 3 nitrogen and oxygen atoms in total. The lowest BCUT2D eigenvalue weighted by atomic mass is 9.66. The van der Waals surface area contributed by atoms with E-state index in [-0.39, 0.29) is 11.6 Å². The standard InChI is InChI=1S/C12H19NO2/c14-10-5-8-13-11(15)4-7-12(13)6-2-1-3-9(10)12/h9-10,14H,1-8H2/t9-,10+,12+/m0/s1. The van der Waals surface area contributed by atoms with Crippen molar-refractivity contribution in [1.82, 2.24) is 4.90 Å². The third-order valence-corrected chi connectivity index (χ3v) is 4.79.